The van der Waals surface area contributed by atoms with E-state index in [1.165, 1.54) is 31.8 Å². The second kappa shape index (κ2) is 13.1. The molecule has 5 unspecified atom stereocenters. The van der Waals surface area contributed by atoms with Crippen LogP contribution in [0.2, 0.25) is 0 Å². The van der Waals surface area contributed by atoms with Gasteiger partial charge in [-0.05, 0) is 36.2 Å². The Balaban J connectivity index is 1.57. The van der Waals surface area contributed by atoms with Gasteiger partial charge in [0.15, 0.2) is 18.6 Å². The Kier molecular flexibility index (Phi) is 9.58. The van der Waals surface area contributed by atoms with Crippen molar-refractivity contribution in [3.63, 3.8) is 0 Å². The molecule has 0 bridgehead atoms. The van der Waals surface area contributed by atoms with E-state index in [1.54, 1.807) is 30.3 Å². The first-order chi connectivity index (χ1) is 18.7. The third-order valence-corrected chi connectivity index (χ3v) is 7.55. The summed E-state index contributed by atoms with van der Waals surface area (Å²) >= 11 is 1.42. The van der Waals surface area contributed by atoms with E-state index in [0.29, 0.717) is 22.0 Å². The SMILES string of the molecule is CC(=O)OC(C)C(=O)Nc1cccc(C2OC(CSc3cccc[n+]3[O-])C(C)C(c3ccc(CO)cc3)O2)c1. The van der Waals surface area contributed by atoms with Gasteiger partial charge in [0.25, 0.3) is 10.9 Å². The molecule has 0 radical (unpaired) electrons. The summed E-state index contributed by atoms with van der Waals surface area (Å²) in [4.78, 5) is 23.7. The van der Waals surface area contributed by atoms with E-state index in [1.807, 2.05) is 36.4 Å². The van der Waals surface area contributed by atoms with Crippen molar-refractivity contribution < 1.29 is 33.6 Å². The predicted octanol–water partition coefficient (Wildman–Crippen LogP) is 4.29. The molecule has 39 heavy (non-hydrogen) atoms. The Hall–Kier alpha value is -3.44. The van der Waals surface area contributed by atoms with Gasteiger partial charge in [-0.2, -0.15) is 4.73 Å². The maximum atomic E-state index is 12.5. The predicted molar refractivity (Wildman–Crippen MR) is 145 cm³/mol. The Morgan fingerprint density at radius 3 is 2.56 bits per heavy atom. The van der Waals surface area contributed by atoms with Gasteiger partial charge in [0.05, 0.1) is 18.8 Å². The maximum absolute atomic E-state index is 12.5. The maximum Gasteiger partial charge on any atom is 0.303 e. The molecule has 1 amide bonds. The van der Waals surface area contributed by atoms with E-state index in [-0.39, 0.29) is 24.7 Å². The number of benzene rings is 2. The van der Waals surface area contributed by atoms with Crippen molar-refractivity contribution in [3.8, 4) is 0 Å². The van der Waals surface area contributed by atoms with Crippen molar-refractivity contribution in [2.45, 2.75) is 57.0 Å². The van der Waals surface area contributed by atoms with E-state index >= 15 is 0 Å². The minimum atomic E-state index is -0.941. The minimum Gasteiger partial charge on any atom is -0.618 e. The van der Waals surface area contributed by atoms with Crippen LogP contribution in [0.15, 0.2) is 78.0 Å². The van der Waals surface area contributed by atoms with Crippen molar-refractivity contribution >= 4 is 29.3 Å². The Bertz CT molecular complexity index is 1290. The number of hydrogen-bond acceptors (Lipinski definition) is 8. The number of carbonyl (C=O) groups excluding carboxylic acids is 2. The van der Waals surface area contributed by atoms with Crippen LogP contribution in [0.3, 0.4) is 0 Å². The fourth-order valence-corrected chi connectivity index (χ4v) is 5.39. The van der Waals surface area contributed by atoms with Crippen LogP contribution >= 0.6 is 11.8 Å². The van der Waals surface area contributed by atoms with Crippen LogP contribution in [0, 0.1) is 11.1 Å². The molecule has 206 valence electrons. The first-order valence-corrected chi connectivity index (χ1v) is 13.6. The highest BCUT2D eigenvalue weighted by Crippen LogP contribution is 2.43. The number of nitrogens with zero attached hydrogens (tertiary/aromatic N) is 1. The molecular formula is C29H32N2O7S. The number of amides is 1. The van der Waals surface area contributed by atoms with Crippen LogP contribution in [0.1, 0.15) is 49.9 Å². The van der Waals surface area contributed by atoms with Crippen LogP contribution in [0.5, 0.6) is 0 Å². The summed E-state index contributed by atoms with van der Waals surface area (Å²) in [6.45, 7) is 4.76. The van der Waals surface area contributed by atoms with Gasteiger partial charge >= 0.3 is 5.97 Å². The Morgan fingerprint density at radius 2 is 1.87 bits per heavy atom. The lowest BCUT2D eigenvalue weighted by atomic mass is 9.91. The summed E-state index contributed by atoms with van der Waals surface area (Å²) in [5, 5.41) is 25.0. The van der Waals surface area contributed by atoms with Gasteiger partial charge in [-0.25, -0.2) is 0 Å². The number of rotatable bonds is 9. The normalized spacial score (nSPS) is 21.6. The van der Waals surface area contributed by atoms with Gasteiger partial charge in [-0.15, -0.1) is 0 Å². The molecule has 1 aromatic heterocycles. The largest absolute Gasteiger partial charge is 0.618 e. The number of anilines is 1. The van der Waals surface area contributed by atoms with Gasteiger partial charge in [0.2, 0.25) is 0 Å². The summed E-state index contributed by atoms with van der Waals surface area (Å²) in [6, 6.07) is 20.0. The number of aromatic nitrogens is 1. The highest BCUT2D eigenvalue weighted by Gasteiger charge is 2.38. The summed E-state index contributed by atoms with van der Waals surface area (Å²) in [5.41, 5.74) is 2.96. The van der Waals surface area contributed by atoms with Gasteiger partial charge < -0.3 is 29.8 Å². The molecule has 2 N–H and O–H groups in total. The summed E-state index contributed by atoms with van der Waals surface area (Å²) in [7, 11) is 0. The lowest BCUT2D eigenvalue weighted by Gasteiger charge is -2.41. The number of pyridine rings is 1. The van der Waals surface area contributed by atoms with Crippen molar-refractivity contribution in [1.82, 2.24) is 0 Å². The molecule has 9 nitrogen and oxygen atoms in total. The molecule has 1 fully saturated rings. The summed E-state index contributed by atoms with van der Waals surface area (Å²) in [5.74, 6) is -0.518. The van der Waals surface area contributed by atoms with Crippen LogP contribution in [-0.4, -0.2) is 34.9 Å². The van der Waals surface area contributed by atoms with Crippen LogP contribution in [-0.2, 0) is 30.4 Å². The third kappa shape index (κ3) is 7.36. The molecule has 0 spiro atoms. The monoisotopic (exact) mass is 552 g/mol. The van der Waals surface area contributed by atoms with Crippen molar-refractivity contribution in [3.05, 3.63) is 94.8 Å². The van der Waals surface area contributed by atoms with Crippen LogP contribution < -0.4 is 10.0 Å². The van der Waals surface area contributed by atoms with Gasteiger partial charge in [0, 0.05) is 42.0 Å². The smallest absolute Gasteiger partial charge is 0.303 e. The lowest BCUT2D eigenvalue weighted by Crippen LogP contribution is -2.39. The molecule has 1 saturated heterocycles. The molecule has 1 aliphatic rings. The zero-order valence-corrected chi connectivity index (χ0v) is 22.8. The van der Waals surface area contributed by atoms with E-state index in [0.717, 1.165) is 15.9 Å². The standard InChI is InChI=1S/C29H32N2O7S/c1-18-25(17-39-26-9-4-5-14-31(26)35)37-29(38-27(18)22-12-10-21(16-32)11-13-22)23-7-6-8-24(15-23)30-28(34)19(2)36-20(3)33/h4-15,18-19,25,27,29,32H,16-17H2,1-3H3,(H,30,34). The number of esters is 1. The number of aliphatic hydroxyl groups is 1. The molecular weight excluding hydrogens is 520 g/mol. The number of carbonyl (C=O) groups is 2. The van der Waals surface area contributed by atoms with E-state index in [4.69, 9.17) is 14.2 Å². The third-order valence-electron chi connectivity index (χ3n) is 6.45. The second-order valence-corrected chi connectivity index (χ2v) is 10.4. The Labute approximate surface area is 231 Å². The van der Waals surface area contributed by atoms with Gasteiger partial charge in [0.1, 0.15) is 0 Å². The molecule has 10 heteroatoms. The van der Waals surface area contributed by atoms with E-state index in [2.05, 4.69) is 12.2 Å². The highest BCUT2D eigenvalue weighted by atomic mass is 32.2. The average Bonchev–Trinajstić information content (AvgIpc) is 2.93. The van der Waals surface area contributed by atoms with Crippen molar-refractivity contribution in [2.24, 2.45) is 5.92 Å². The van der Waals surface area contributed by atoms with Crippen molar-refractivity contribution in [1.29, 1.82) is 0 Å². The van der Waals surface area contributed by atoms with Crippen molar-refractivity contribution in [2.75, 3.05) is 11.1 Å². The quantitative estimate of drug-likeness (QED) is 0.175. The zero-order valence-electron chi connectivity index (χ0n) is 22.0. The zero-order chi connectivity index (χ0) is 27.9. The summed E-state index contributed by atoms with van der Waals surface area (Å²) in [6.07, 6.45) is -0.804. The number of nitrogens with one attached hydrogen (secondary N) is 1. The molecule has 5 atom stereocenters. The summed E-state index contributed by atoms with van der Waals surface area (Å²) < 4.78 is 18.7. The molecule has 0 aliphatic carbocycles. The molecule has 0 saturated carbocycles. The molecule has 1 aliphatic heterocycles. The fraction of sp³-hybridized carbons (Fsp3) is 0.345. The van der Waals surface area contributed by atoms with Gasteiger partial charge in [-0.3, -0.25) is 9.59 Å². The topological polar surface area (TPSA) is 121 Å². The molecule has 4 rings (SSSR count). The molecule has 2 aromatic carbocycles. The highest BCUT2D eigenvalue weighted by molar-refractivity contribution is 7.99. The first-order valence-electron chi connectivity index (χ1n) is 12.6. The average molecular weight is 553 g/mol. The van der Waals surface area contributed by atoms with Crippen LogP contribution in [0.25, 0.3) is 0 Å². The molecule has 2 heterocycles. The number of ether oxygens (including phenoxy) is 3. The fourth-order valence-electron chi connectivity index (χ4n) is 4.31. The number of thioether (sulfide) groups is 1. The Morgan fingerprint density at radius 1 is 1.10 bits per heavy atom. The first kappa shape index (κ1) is 28.6. The van der Waals surface area contributed by atoms with Gasteiger partial charge in [-0.1, -0.05) is 55.1 Å². The van der Waals surface area contributed by atoms with E-state index in [9.17, 15) is 19.9 Å². The number of hydrogen-bond donors (Lipinski definition) is 2. The molecule has 3 aromatic rings. The second-order valence-electron chi connectivity index (χ2n) is 9.36. The lowest BCUT2D eigenvalue weighted by molar-refractivity contribution is -0.645. The minimum absolute atomic E-state index is 0.0484. The number of aliphatic hydroxyl groups excluding tert-OH is 1. The van der Waals surface area contributed by atoms with Crippen LogP contribution in [0.4, 0.5) is 5.69 Å². The van der Waals surface area contributed by atoms with E-state index < -0.39 is 24.3 Å².